The molecule has 5 nitrogen and oxygen atoms in total. The molecule has 2 aromatic carbocycles. The molecule has 27 heavy (non-hydrogen) atoms. The van der Waals surface area contributed by atoms with E-state index in [0.29, 0.717) is 10.7 Å². The van der Waals surface area contributed by atoms with Crippen molar-refractivity contribution in [2.24, 2.45) is 0 Å². The molecule has 0 fully saturated rings. The summed E-state index contributed by atoms with van der Waals surface area (Å²) < 4.78 is 0. The molecule has 0 aliphatic rings. The second-order valence-corrected chi connectivity index (χ2v) is 6.28. The number of hydrogen-bond acceptors (Lipinski definition) is 4. The summed E-state index contributed by atoms with van der Waals surface area (Å²) in [6.07, 6.45) is 3.34. The van der Waals surface area contributed by atoms with E-state index in [9.17, 15) is 4.79 Å². The van der Waals surface area contributed by atoms with Crippen LogP contribution in [-0.2, 0) is 0 Å². The van der Waals surface area contributed by atoms with E-state index in [0.717, 1.165) is 22.3 Å². The Morgan fingerprint density at radius 1 is 0.852 bits per heavy atom. The smallest absolute Gasteiger partial charge is 0.274 e. The van der Waals surface area contributed by atoms with Gasteiger partial charge >= 0.3 is 0 Å². The van der Waals surface area contributed by atoms with Crippen LogP contribution in [0.15, 0.2) is 79.1 Å². The Labute approximate surface area is 161 Å². The van der Waals surface area contributed by atoms with Gasteiger partial charge in [0.15, 0.2) is 0 Å². The van der Waals surface area contributed by atoms with Gasteiger partial charge in [0, 0.05) is 23.5 Å². The lowest BCUT2D eigenvalue weighted by Crippen LogP contribution is -2.14. The molecule has 2 aromatic heterocycles. The summed E-state index contributed by atoms with van der Waals surface area (Å²) in [7, 11) is 0. The number of nitrogens with zero attached hydrogens (tertiary/aromatic N) is 2. The van der Waals surface area contributed by atoms with Crippen LogP contribution in [-0.4, -0.2) is 15.9 Å². The number of fused-ring (bicyclic) bond motifs is 1. The normalized spacial score (nSPS) is 10.6. The van der Waals surface area contributed by atoms with Crippen molar-refractivity contribution in [3.8, 4) is 0 Å². The zero-order valence-corrected chi connectivity index (χ0v) is 14.9. The summed E-state index contributed by atoms with van der Waals surface area (Å²) in [6.45, 7) is 0. The molecule has 1 amide bonds. The second kappa shape index (κ2) is 7.43. The number of carbonyl (C=O) groups is 1. The molecule has 132 valence electrons. The van der Waals surface area contributed by atoms with Crippen LogP contribution in [0.1, 0.15) is 10.5 Å². The first-order valence-corrected chi connectivity index (χ1v) is 8.71. The minimum absolute atomic E-state index is 0.285. The zero-order valence-electron chi connectivity index (χ0n) is 14.2. The molecule has 4 aromatic rings. The summed E-state index contributed by atoms with van der Waals surface area (Å²) >= 11 is 6.10. The molecular weight excluding hydrogens is 360 g/mol. The predicted octanol–water partition coefficient (Wildman–Crippen LogP) is 5.28. The highest BCUT2D eigenvalue weighted by Gasteiger charge is 2.11. The summed E-state index contributed by atoms with van der Waals surface area (Å²) in [4.78, 5) is 21.1. The zero-order chi connectivity index (χ0) is 18.6. The molecule has 2 heterocycles. The van der Waals surface area contributed by atoms with Gasteiger partial charge in [-0.1, -0.05) is 41.9 Å². The number of carbonyl (C=O) groups excluding carboxylic acids is 1. The number of halogens is 1. The first kappa shape index (κ1) is 17.0. The molecule has 6 heteroatoms. The van der Waals surface area contributed by atoms with E-state index >= 15 is 0 Å². The third-order valence-electron chi connectivity index (χ3n) is 4.03. The van der Waals surface area contributed by atoms with Crippen LogP contribution >= 0.6 is 11.6 Å². The van der Waals surface area contributed by atoms with Crippen LogP contribution in [0, 0.1) is 0 Å². The van der Waals surface area contributed by atoms with Gasteiger partial charge in [-0.2, -0.15) is 0 Å². The Morgan fingerprint density at radius 2 is 1.67 bits per heavy atom. The largest absolute Gasteiger partial charge is 0.354 e. The van der Waals surface area contributed by atoms with E-state index < -0.39 is 0 Å². The Balaban J connectivity index is 1.59. The Morgan fingerprint density at radius 3 is 2.56 bits per heavy atom. The molecule has 0 spiro atoms. The quantitative estimate of drug-likeness (QED) is 0.510. The standard InChI is InChI=1S/C21H15ClN4O/c22-16-7-1-2-8-17(16)26-21(27)19-13-15(10-12-23-19)25-18-9-3-5-14-6-4-11-24-20(14)18/h1-13H,(H,23,25)(H,26,27). The molecule has 0 aliphatic carbocycles. The molecule has 0 saturated heterocycles. The first-order chi connectivity index (χ1) is 13.2. The minimum atomic E-state index is -0.331. The number of nitrogens with one attached hydrogen (secondary N) is 2. The van der Waals surface area contributed by atoms with Crippen molar-refractivity contribution in [3.05, 3.63) is 89.8 Å². The minimum Gasteiger partial charge on any atom is -0.354 e. The van der Waals surface area contributed by atoms with Gasteiger partial charge in [0.05, 0.1) is 21.9 Å². The summed E-state index contributed by atoms with van der Waals surface area (Å²) in [6, 6.07) is 20.4. The van der Waals surface area contributed by atoms with Crippen LogP contribution in [0.2, 0.25) is 5.02 Å². The van der Waals surface area contributed by atoms with E-state index in [1.165, 1.54) is 0 Å². The summed E-state index contributed by atoms with van der Waals surface area (Å²) in [5.74, 6) is -0.331. The maximum Gasteiger partial charge on any atom is 0.274 e. The van der Waals surface area contributed by atoms with Crippen LogP contribution in [0.5, 0.6) is 0 Å². The van der Waals surface area contributed by atoms with Crippen molar-refractivity contribution >= 4 is 45.5 Å². The van der Waals surface area contributed by atoms with Crippen molar-refractivity contribution in [1.29, 1.82) is 0 Å². The number of anilines is 3. The molecule has 4 rings (SSSR count). The molecule has 0 aliphatic heterocycles. The van der Waals surface area contributed by atoms with Gasteiger partial charge in [0.25, 0.3) is 5.91 Å². The van der Waals surface area contributed by atoms with Crippen LogP contribution in [0.4, 0.5) is 17.1 Å². The Hall–Kier alpha value is -3.44. The molecule has 2 N–H and O–H groups in total. The van der Waals surface area contributed by atoms with Crippen molar-refractivity contribution in [2.75, 3.05) is 10.6 Å². The number of pyridine rings is 2. The van der Waals surface area contributed by atoms with Gasteiger partial charge in [-0.15, -0.1) is 0 Å². The van der Waals surface area contributed by atoms with E-state index in [1.54, 1.807) is 48.8 Å². The lowest BCUT2D eigenvalue weighted by atomic mass is 10.2. The number of benzene rings is 2. The number of aromatic nitrogens is 2. The summed E-state index contributed by atoms with van der Waals surface area (Å²) in [5, 5.41) is 7.59. The van der Waals surface area contributed by atoms with Gasteiger partial charge in [-0.25, -0.2) is 0 Å². The monoisotopic (exact) mass is 374 g/mol. The third kappa shape index (κ3) is 3.73. The van der Waals surface area contributed by atoms with E-state index in [2.05, 4.69) is 20.6 Å². The van der Waals surface area contributed by atoms with Crippen molar-refractivity contribution in [1.82, 2.24) is 9.97 Å². The number of amides is 1. The highest BCUT2D eigenvalue weighted by atomic mass is 35.5. The average molecular weight is 375 g/mol. The average Bonchev–Trinajstić information content (AvgIpc) is 2.70. The van der Waals surface area contributed by atoms with Gasteiger partial charge < -0.3 is 10.6 Å². The van der Waals surface area contributed by atoms with Gasteiger partial charge in [-0.05, 0) is 36.4 Å². The Bertz CT molecular complexity index is 1120. The van der Waals surface area contributed by atoms with E-state index in [-0.39, 0.29) is 11.6 Å². The van der Waals surface area contributed by atoms with E-state index in [4.69, 9.17) is 11.6 Å². The maximum atomic E-state index is 12.5. The Kier molecular flexibility index (Phi) is 4.68. The van der Waals surface area contributed by atoms with Crippen molar-refractivity contribution < 1.29 is 4.79 Å². The topological polar surface area (TPSA) is 66.9 Å². The molecule has 0 saturated carbocycles. The fraction of sp³-hybridized carbons (Fsp3) is 0. The van der Waals surface area contributed by atoms with Gasteiger partial charge in [0.2, 0.25) is 0 Å². The molecule has 0 unspecified atom stereocenters. The second-order valence-electron chi connectivity index (χ2n) is 5.87. The SMILES string of the molecule is O=C(Nc1ccccc1Cl)c1cc(Nc2cccc3cccnc23)ccn1. The number of rotatable bonds is 4. The van der Waals surface area contributed by atoms with Crippen LogP contribution in [0.3, 0.4) is 0 Å². The van der Waals surface area contributed by atoms with Gasteiger partial charge in [-0.3, -0.25) is 14.8 Å². The van der Waals surface area contributed by atoms with Crippen molar-refractivity contribution in [3.63, 3.8) is 0 Å². The molecule has 0 bridgehead atoms. The van der Waals surface area contributed by atoms with Gasteiger partial charge in [0.1, 0.15) is 5.69 Å². The van der Waals surface area contributed by atoms with Crippen LogP contribution < -0.4 is 10.6 Å². The predicted molar refractivity (Wildman–Crippen MR) is 109 cm³/mol. The molecule has 0 radical (unpaired) electrons. The molecular formula is C21H15ClN4O. The molecule has 0 atom stereocenters. The fourth-order valence-electron chi connectivity index (χ4n) is 2.74. The lowest BCUT2D eigenvalue weighted by Gasteiger charge is -2.11. The fourth-order valence-corrected chi connectivity index (χ4v) is 2.92. The highest BCUT2D eigenvalue weighted by molar-refractivity contribution is 6.33. The van der Waals surface area contributed by atoms with E-state index in [1.807, 2.05) is 30.3 Å². The summed E-state index contributed by atoms with van der Waals surface area (Å²) in [5.41, 5.74) is 3.29. The highest BCUT2D eigenvalue weighted by Crippen LogP contribution is 2.25. The number of hydrogen-bond donors (Lipinski definition) is 2. The van der Waals surface area contributed by atoms with Crippen LogP contribution in [0.25, 0.3) is 10.9 Å². The maximum absolute atomic E-state index is 12.5. The third-order valence-corrected chi connectivity index (χ3v) is 4.36. The number of para-hydroxylation sites is 2. The lowest BCUT2D eigenvalue weighted by molar-refractivity contribution is 0.102. The van der Waals surface area contributed by atoms with Crippen molar-refractivity contribution in [2.45, 2.75) is 0 Å². The first-order valence-electron chi connectivity index (χ1n) is 8.33.